The van der Waals surface area contributed by atoms with E-state index in [4.69, 9.17) is 9.47 Å². The fraction of sp³-hybridized carbons (Fsp3) is 0.333. The molecule has 47 heavy (non-hydrogen) atoms. The molecule has 8 nitrogen and oxygen atoms in total. The summed E-state index contributed by atoms with van der Waals surface area (Å²) in [5.41, 5.74) is 4.22. The van der Waals surface area contributed by atoms with E-state index < -0.39 is 0 Å². The molecule has 0 aromatic heterocycles. The molecule has 4 aromatic rings. The lowest BCUT2D eigenvalue weighted by Gasteiger charge is -2.33. The Bertz CT molecular complexity index is 1610. The molecule has 0 radical (unpaired) electrons. The van der Waals surface area contributed by atoms with Gasteiger partial charge in [0.2, 0.25) is 5.91 Å². The largest absolute Gasteiger partial charge is 0.490 e. The maximum Gasteiger partial charge on any atom is 0.258 e. The van der Waals surface area contributed by atoms with Crippen LogP contribution in [0.25, 0.3) is 0 Å². The van der Waals surface area contributed by atoms with Gasteiger partial charge in [0.15, 0.2) is 5.75 Å². The minimum Gasteiger partial charge on any atom is -0.490 e. The molecular formula is C39H47N3O5. The molecule has 1 aliphatic heterocycles. The van der Waals surface area contributed by atoms with Crippen molar-refractivity contribution in [2.24, 2.45) is 5.92 Å². The third-order valence-electron chi connectivity index (χ3n) is 8.02. The third-order valence-corrected chi connectivity index (χ3v) is 8.02. The van der Waals surface area contributed by atoms with E-state index >= 15 is 0 Å². The second-order valence-electron chi connectivity index (χ2n) is 12.5. The van der Waals surface area contributed by atoms with Crippen LogP contribution in [0.5, 0.6) is 17.2 Å². The number of fused-ring (bicyclic) bond motifs is 1. The van der Waals surface area contributed by atoms with E-state index in [1.165, 1.54) is 5.56 Å². The molecular weight excluding hydrogens is 590 g/mol. The van der Waals surface area contributed by atoms with Gasteiger partial charge in [0.25, 0.3) is 5.91 Å². The second kappa shape index (κ2) is 16.8. The molecule has 248 valence electrons. The van der Waals surface area contributed by atoms with E-state index in [9.17, 15) is 14.7 Å². The molecule has 0 saturated carbocycles. The Hall–Kier alpha value is -4.66. The number of nitrogens with one attached hydrogen (secondary N) is 1. The van der Waals surface area contributed by atoms with Crippen LogP contribution in [0.3, 0.4) is 0 Å². The molecule has 2 amide bonds. The molecule has 5 rings (SSSR count). The van der Waals surface area contributed by atoms with Crippen molar-refractivity contribution in [1.29, 1.82) is 0 Å². The summed E-state index contributed by atoms with van der Waals surface area (Å²) in [4.78, 5) is 29.8. The number of carbonyl (C=O) groups is 2. The summed E-state index contributed by atoms with van der Waals surface area (Å²) in [6.45, 7) is 9.46. The summed E-state index contributed by atoms with van der Waals surface area (Å²) in [7, 11) is 4.13. The van der Waals surface area contributed by atoms with Crippen LogP contribution in [-0.2, 0) is 11.3 Å². The quantitative estimate of drug-likeness (QED) is 0.203. The number of aliphatic hydroxyl groups excluding tert-OH is 1. The molecule has 3 atom stereocenters. The highest BCUT2D eigenvalue weighted by Crippen LogP contribution is 2.33. The predicted octanol–water partition coefficient (Wildman–Crippen LogP) is 7.13. The highest BCUT2D eigenvalue weighted by molar-refractivity contribution is 6.02. The number of amides is 2. The van der Waals surface area contributed by atoms with Gasteiger partial charge in [-0.2, -0.15) is 0 Å². The molecule has 8 heteroatoms. The van der Waals surface area contributed by atoms with Crippen molar-refractivity contribution in [1.82, 2.24) is 9.80 Å². The van der Waals surface area contributed by atoms with Crippen LogP contribution in [0, 0.1) is 12.8 Å². The summed E-state index contributed by atoms with van der Waals surface area (Å²) in [6.07, 6.45) is 0. The van der Waals surface area contributed by atoms with E-state index in [0.29, 0.717) is 30.2 Å². The SMILES string of the molecule is CC(C(=O)Nc1cccc2c1OC[C@H](C)CN([C@@H](C)CO)C2=O)c1ccccc1.Cc1ccccc1Oc1ccc(CN(C)C)cc1. The van der Waals surface area contributed by atoms with Crippen molar-refractivity contribution >= 4 is 17.5 Å². The monoisotopic (exact) mass is 637 g/mol. The average molecular weight is 638 g/mol. The topological polar surface area (TPSA) is 91.3 Å². The zero-order valence-corrected chi connectivity index (χ0v) is 28.3. The Balaban J connectivity index is 0.000000238. The molecule has 1 aliphatic rings. The van der Waals surface area contributed by atoms with E-state index in [1.54, 1.807) is 23.1 Å². The molecule has 1 unspecified atom stereocenters. The standard InChI is InChI=1S/C23H28N2O4.C16H19NO/c1-15-12-25(16(2)13-26)23(28)19-10-7-11-20(21(19)29-14-15)24-22(27)17(3)18-8-5-4-6-9-18;1-13-6-4-5-7-16(13)18-15-10-8-14(9-11-15)12-17(2)3/h4-11,15-17,26H,12-14H2,1-3H3,(H,24,27);4-11H,12H2,1-3H3/t15-,16+,17?;/m1./s1. The van der Waals surface area contributed by atoms with Crippen LogP contribution in [-0.4, -0.2) is 66.6 Å². The molecule has 2 N–H and O–H groups in total. The van der Waals surface area contributed by atoms with Gasteiger partial charge in [0.05, 0.1) is 36.4 Å². The first-order valence-corrected chi connectivity index (χ1v) is 16.1. The highest BCUT2D eigenvalue weighted by Gasteiger charge is 2.30. The van der Waals surface area contributed by atoms with Gasteiger partial charge >= 0.3 is 0 Å². The van der Waals surface area contributed by atoms with Crippen molar-refractivity contribution in [2.75, 3.05) is 39.2 Å². The molecule has 0 bridgehead atoms. The fourth-order valence-corrected chi connectivity index (χ4v) is 5.25. The number of ether oxygens (including phenoxy) is 2. The first-order valence-electron chi connectivity index (χ1n) is 16.1. The molecule has 0 aliphatic carbocycles. The molecule has 0 fully saturated rings. The number of carbonyl (C=O) groups excluding carboxylic acids is 2. The molecule has 0 spiro atoms. The average Bonchev–Trinajstić information content (AvgIpc) is 3.07. The first-order chi connectivity index (χ1) is 22.6. The lowest BCUT2D eigenvalue weighted by atomic mass is 10.00. The first kappa shape index (κ1) is 35.2. The zero-order chi connectivity index (χ0) is 33.9. The number of hydrogen-bond donors (Lipinski definition) is 2. The van der Waals surface area contributed by atoms with Crippen LogP contribution < -0.4 is 14.8 Å². The van der Waals surface area contributed by atoms with Gasteiger partial charge in [-0.1, -0.05) is 73.7 Å². The number of aliphatic hydroxyl groups is 1. The summed E-state index contributed by atoms with van der Waals surface area (Å²) in [6, 6.07) is 30.7. The van der Waals surface area contributed by atoms with Crippen LogP contribution in [0.15, 0.2) is 97.1 Å². The lowest BCUT2D eigenvalue weighted by Crippen LogP contribution is -2.45. The number of benzene rings is 4. The summed E-state index contributed by atoms with van der Waals surface area (Å²) >= 11 is 0. The Morgan fingerprint density at radius 1 is 0.979 bits per heavy atom. The van der Waals surface area contributed by atoms with Crippen molar-refractivity contribution in [3.8, 4) is 17.2 Å². The summed E-state index contributed by atoms with van der Waals surface area (Å²) < 4.78 is 11.8. The second-order valence-corrected chi connectivity index (χ2v) is 12.5. The Kier molecular flexibility index (Phi) is 12.6. The van der Waals surface area contributed by atoms with Gasteiger partial charge in [-0.25, -0.2) is 0 Å². The van der Waals surface area contributed by atoms with Crippen LogP contribution >= 0.6 is 0 Å². The van der Waals surface area contributed by atoms with Gasteiger partial charge in [0.1, 0.15) is 11.5 Å². The van der Waals surface area contributed by atoms with E-state index in [1.807, 2.05) is 81.4 Å². The fourth-order valence-electron chi connectivity index (χ4n) is 5.25. The number of aryl methyl sites for hydroxylation is 1. The minimum atomic E-state index is -0.346. The van der Waals surface area contributed by atoms with Gasteiger partial charge in [-0.05, 0) is 81.9 Å². The van der Waals surface area contributed by atoms with Gasteiger partial charge in [-0.15, -0.1) is 0 Å². The number of nitrogens with zero attached hydrogens (tertiary/aromatic N) is 2. The van der Waals surface area contributed by atoms with E-state index in [-0.39, 0.29) is 36.3 Å². The van der Waals surface area contributed by atoms with E-state index in [0.717, 1.165) is 29.2 Å². The van der Waals surface area contributed by atoms with E-state index in [2.05, 4.69) is 49.4 Å². The molecule has 4 aromatic carbocycles. The normalized spacial score (nSPS) is 15.6. The maximum absolute atomic E-state index is 13.2. The Morgan fingerprint density at radius 3 is 2.32 bits per heavy atom. The minimum absolute atomic E-state index is 0.0908. The van der Waals surface area contributed by atoms with Gasteiger partial charge in [0, 0.05) is 19.0 Å². The van der Waals surface area contributed by atoms with Crippen molar-refractivity contribution in [2.45, 2.75) is 46.2 Å². The number of para-hydroxylation sites is 2. The third kappa shape index (κ3) is 9.67. The lowest BCUT2D eigenvalue weighted by molar-refractivity contribution is -0.117. The Labute approximate surface area is 278 Å². The number of rotatable bonds is 9. The maximum atomic E-state index is 13.2. The smallest absolute Gasteiger partial charge is 0.258 e. The zero-order valence-electron chi connectivity index (χ0n) is 28.3. The highest BCUT2D eigenvalue weighted by atomic mass is 16.5. The predicted molar refractivity (Wildman–Crippen MR) is 187 cm³/mol. The summed E-state index contributed by atoms with van der Waals surface area (Å²) in [5.74, 6) is 1.54. The summed E-state index contributed by atoms with van der Waals surface area (Å²) in [5, 5.41) is 12.5. The van der Waals surface area contributed by atoms with Gasteiger partial charge < -0.3 is 29.7 Å². The van der Waals surface area contributed by atoms with Crippen LogP contribution in [0.4, 0.5) is 5.69 Å². The van der Waals surface area contributed by atoms with Gasteiger partial charge in [-0.3, -0.25) is 9.59 Å². The van der Waals surface area contributed by atoms with Crippen LogP contribution in [0.2, 0.25) is 0 Å². The molecule has 1 heterocycles. The van der Waals surface area contributed by atoms with Crippen molar-refractivity contribution in [3.05, 3.63) is 119 Å². The van der Waals surface area contributed by atoms with Crippen LogP contribution in [0.1, 0.15) is 53.7 Å². The van der Waals surface area contributed by atoms with Crippen molar-refractivity contribution < 1.29 is 24.2 Å². The Morgan fingerprint density at radius 2 is 1.66 bits per heavy atom. The van der Waals surface area contributed by atoms with Crippen molar-refractivity contribution in [3.63, 3.8) is 0 Å². The molecule has 0 saturated heterocycles. The number of hydrogen-bond acceptors (Lipinski definition) is 6. The number of anilines is 1.